The first kappa shape index (κ1) is 23.0. The molecule has 0 fully saturated rings. The number of nitrogens with zero attached hydrogens (tertiary/aromatic N) is 3. The molecule has 0 saturated heterocycles. The highest BCUT2D eigenvalue weighted by molar-refractivity contribution is 6.30. The average molecular weight is 449 g/mol. The Morgan fingerprint density at radius 2 is 1.97 bits per heavy atom. The minimum Gasteiger partial charge on any atom is -0.493 e. The third kappa shape index (κ3) is 5.72. The van der Waals surface area contributed by atoms with Gasteiger partial charge in [-0.1, -0.05) is 11.6 Å². The number of hydrogen-bond donors (Lipinski definition) is 2. The Bertz CT molecular complexity index is 1050. The second-order valence-electron chi connectivity index (χ2n) is 7.49. The lowest BCUT2D eigenvalue weighted by atomic mass is 10.2. The van der Waals surface area contributed by atoms with Gasteiger partial charge in [0.15, 0.2) is 11.5 Å². The largest absolute Gasteiger partial charge is 0.493 e. The van der Waals surface area contributed by atoms with E-state index in [1.165, 1.54) is 25.6 Å². The molecular weight excluding hydrogens is 423 g/mol. The predicted molar refractivity (Wildman–Crippen MR) is 120 cm³/mol. The summed E-state index contributed by atoms with van der Waals surface area (Å²) >= 11 is 5.82. The molecule has 3 rings (SSSR count). The fourth-order valence-electron chi connectivity index (χ4n) is 2.94. The van der Waals surface area contributed by atoms with Crippen molar-refractivity contribution in [3.05, 3.63) is 47.5 Å². The number of fused-ring (bicyclic) bond motifs is 1. The topological polar surface area (TPSA) is 79.7 Å². The third-order valence-corrected chi connectivity index (χ3v) is 5.15. The second-order valence-corrected chi connectivity index (χ2v) is 7.93. The van der Waals surface area contributed by atoms with Crippen molar-refractivity contribution in [2.45, 2.75) is 26.0 Å². The van der Waals surface area contributed by atoms with Crippen LogP contribution in [0.25, 0.3) is 10.9 Å². The van der Waals surface area contributed by atoms with Gasteiger partial charge in [0, 0.05) is 29.1 Å². The number of nitrogens with one attached hydrogen (secondary N) is 1. The van der Waals surface area contributed by atoms with Crippen LogP contribution in [-0.4, -0.2) is 59.4 Å². The number of halogens is 2. The van der Waals surface area contributed by atoms with E-state index in [1.807, 2.05) is 11.9 Å². The summed E-state index contributed by atoms with van der Waals surface area (Å²) < 4.78 is 25.5. The molecule has 0 radical (unpaired) electrons. The molecule has 0 bridgehead atoms. The SMILES string of the molecule is COc1cc2c(Nc3ccc(Cl)cc3F)ncnc2cc1OCC(O)CN(C)C(C)C. The van der Waals surface area contributed by atoms with Crippen molar-refractivity contribution in [2.24, 2.45) is 0 Å². The molecule has 7 nitrogen and oxygen atoms in total. The van der Waals surface area contributed by atoms with E-state index in [9.17, 15) is 9.50 Å². The monoisotopic (exact) mass is 448 g/mol. The van der Waals surface area contributed by atoms with E-state index < -0.39 is 11.9 Å². The predicted octanol–water partition coefficient (Wildman–Crippen LogP) is 4.25. The normalized spacial score (nSPS) is 12.4. The van der Waals surface area contributed by atoms with Crippen LogP contribution in [0.3, 0.4) is 0 Å². The van der Waals surface area contributed by atoms with Gasteiger partial charge in [0.2, 0.25) is 0 Å². The quantitative estimate of drug-likeness (QED) is 0.506. The van der Waals surface area contributed by atoms with Gasteiger partial charge in [-0.15, -0.1) is 0 Å². The highest BCUT2D eigenvalue weighted by Crippen LogP contribution is 2.35. The van der Waals surface area contributed by atoms with Crippen molar-refractivity contribution in [1.29, 1.82) is 0 Å². The molecule has 0 aliphatic heterocycles. The molecule has 0 amide bonds. The number of hydrogen-bond acceptors (Lipinski definition) is 7. The number of likely N-dealkylation sites (N-methyl/N-ethyl adjacent to an activating group) is 1. The second kappa shape index (κ2) is 10.1. The minimum absolute atomic E-state index is 0.102. The Labute approximate surface area is 185 Å². The molecule has 3 aromatic rings. The van der Waals surface area contributed by atoms with Crippen molar-refractivity contribution in [1.82, 2.24) is 14.9 Å². The van der Waals surface area contributed by atoms with Crippen molar-refractivity contribution < 1.29 is 19.0 Å². The summed E-state index contributed by atoms with van der Waals surface area (Å²) in [6.45, 7) is 4.70. The van der Waals surface area contributed by atoms with Crippen molar-refractivity contribution in [3.8, 4) is 11.5 Å². The molecular formula is C22H26ClFN4O3. The molecule has 1 atom stereocenters. The standard InChI is InChI=1S/C22H26ClFN4O3/c1-13(2)28(3)10-15(29)11-31-21-9-19-16(8-20(21)30-4)22(26-12-25-19)27-18-6-5-14(23)7-17(18)24/h5-9,12-13,15,29H,10-11H2,1-4H3,(H,25,26,27). The summed E-state index contributed by atoms with van der Waals surface area (Å²) in [5.74, 6) is 0.816. The number of aliphatic hydroxyl groups excluding tert-OH is 1. The molecule has 9 heteroatoms. The van der Waals surface area contributed by atoms with Crippen LogP contribution < -0.4 is 14.8 Å². The maximum absolute atomic E-state index is 14.2. The number of aromatic nitrogens is 2. The van der Waals surface area contributed by atoms with Crippen LogP contribution in [0.15, 0.2) is 36.7 Å². The van der Waals surface area contributed by atoms with Crippen LogP contribution in [0.5, 0.6) is 11.5 Å². The van der Waals surface area contributed by atoms with Gasteiger partial charge in [-0.2, -0.15) is 0 Å². The fourth-order valence-corrected chi connectivity index (χ4v) is 3.10. The van der Waals surface area contributed by atoms with Gasteiger partial charge >= 0.3 is 0 Å². The molecule has 1 heterocycles. The molecule has 2 N–H and O–H groups in total. The van der Waals surface area contributed by atoms with Crippen LogP contribution in [0.2, 0.25) is 5.02 Å². The van der Waals surface area contributed by atoms with E-state index in [-0.39, 0.29) is 12.3 Å². The van der Waals surface area contributed by atoms with Gasteiger partial charge in [-0.05, 0) is 45.2 Å². The van der Waals surface area contributed by atoms with Gasteiger partial charge in [0.1, 0.15) is 30.7 Å². The van der Waals surface area contributed by atoms with E-state index in [1.54, 1.807) is 18.2 Å². The Morgan fingerprint density at radius 3 is 2.65 bits per heavy atom. The average Bonchev–Trinajstić information content (AvgIpc) is 2.73. The van der Waals surface area contributed by atoms with Crippen LogP contribution in [-0.2, 0) is 0 Å². The highest BCUT2D eigenvalue weighted by Gasteiger charge is 2.16. The first-order chi connectivity index (χ1) is 14.8. The van der Waals surface area contributed by atoms with Crippen LogP contribution in [0.4, 0.5) is 15.9 Å². The summed E-state index contributed by atoms with van der Waals surface area (Å²) in [5, 5.41) is 14.2. The third-order valence-electron chi connectivity index (χ3n) is 4.92. The summed E-state index contributed by atoms with van der Waals surface area (Å²) in [5.41, 5.74) is 0.817. The van der Waals surface area contributed by atoms with Gasteiger partial charge in [0.05, 0.1) is 18.3 Å². The van der Waals surface area contributed by atoms with Crippen molar-refractivity contribution >= 4 is 34.0 Å². The number of aliphatic hydroxyl groups is 1. The Morgan fingerprint density at radius 1 is 1.19 bits per heavy atom. The fraction of sp³-hybridized carbons (Fsp3) is 0.364. The van der Waals surface area contributed by atoms with E-state index in [2.05, 4.69) is 29.1 Å². The highest BCUT2D eigenvalue weighted by atomic mass is 35.5. The molecule has 2 aromatic carbocycles. The van der Waals surface area contributed by atoms with E-state index in [0.29, 0.717) is 45.8 Å². The molecule has 31 heavy (non-hydrogen) atoms. The zero-order valence-corrected chi connectivity index (χ0v) is 18.7. The Hall–Kier alpha value is -2.68. The number of anilines is 2. The lowest BCUT2D eigenvalue weighted by Crippen LogP contribution is -2.36. The summed E-state index contributed by atoms with van der Waals surface area (Å²) in [6, 6.07) is 8.09. The number of ether oxygens (including phenoxy) is 2. The number of benzene rings is 2. The lowest BCUT2D eigenvalue weighted by molar-refractivity contribution is 0.0669. The zero-order chi connectivity index (χ0) is 22.5. The van der Waals surface area contributed by atoms with Crippen LogP contribution in [0.1, 0.15) is 13.8 Å². The van der Waals surface area contributed by atoms with E-state index in [4.69, 9.17) is 21.1 Å². The van der Waals surface area contributed by atoms with E-state index >= 15 is 0 Å². The maximum Gasteiger partial charge on any atom is 0.163 e. The summed E-state index contributed by atoms with van der Waals surface area (Å²) in [7, 11) is 3.46. The minimum atomic E-state index is -0.664. The van der Waals surface area contributed by atoms with Gasteiger partial charge in [0.25, 0.3) is 0 Å². The zero-order valence-electron chi connectivity index (χ0n) is 17.9. The first-order valence-corrected chi connectivity index (χ1v) is 10.2. The molecule has 0 aliphatic rings. The molecule has 1 unspecified atom stereocenters. The van der Waals surface area contributed by atoms with Gasteiger partial charge in [-0.3, -0.25) is 0 Å². The van der Waals surface area contributed by atoms with Crippen molar-refractivity contribution in [2.75, 3.05) is 32.6 Å². The Kier molecular flexibility index (Phi) is 7.48. The molecule has 0 spiro atoms. The molecule has 1 aromatic heterocycles. The molecule has 0 saturated carbocycles. The van der Waals surface area contributed by atoms with Crippen LogP contribution in [0, 0.1) is 5.82 Å². The van der Waals surface area contributed by atoms with E-state index in [0.717, 1.165) is 0 Å². The summed E-state index contributed by atoms with van der Waals surface area (Å²) in [4.78, 5) is 10.5. The summed E-state index contributed by atoms with van der Waals surface area (Å²) in [6.07, 6.45) is 0.713. The number of rotatable bonds is 9. The van der Waals surface area contributed by atoms with Crippen LogP contribution >= 0.6 is 11.6 Å². The lowest BCUT2D eigenvalue weighted by Gasteiger charge is -2.24. The van der Waals surface area contributed by atoms with Crippen molar-refractivity contribution in [3.63, 3.8) is 0 Å². The van der Waals surface area contributed by atoms with Gasteiger partial charge < -0.3 is 24.8 Å². The molecule has 0 aliphatic carbocycles. The first-order valence-electron chi connectivity index (χ1n) is 9.84. The number of methoxy groups -OCH3 is 1. The smallest absolute Gasteiger partial charge is 0.163 e. The Balaban J connectivity index is 1.84. The molecule has 166 valence electrons. The van der Waals surface area contributed by atoms with Gasteiger partial charge in [-0.25, -0.2) is 14.4 Å². The maximum atomic E-state index is 14.2.